The molecule has 2 aliphatic carbocycles. The second-order valence-corrected chi connectivity index (χ2v) is 12.3. The van der Waals surface area contributed by atoms with Crippen molar-refractivity contribution in [3.63, 3.8) is 0 Å². The van der Waals surface area contributed by atoms with Gasteiger partial charge in [0.25, 0.3) is 0 Å². The van der Waals surface area contributed by atoms with Crippen LogP contribution in [0, 0.1) is 51.8 Å². The first-order valence-corrected chi connectivity index (χ1v) is 14.4. The summed E-state index contributed by atoms with van der Waals surface area (Å²) in [5, 5.41) is 8.92. The van der Waals surface area contributed by atoms with Crippen molar-refractivity contribution in [1.29, 1.82) is 5.26 Å². The Morgan fingerprint density at radius 1 is 1.15 bits per heavy atom. The number of hydrogen-bond acceptors (Lipinski definition) is 1. The first-order valence-electron chi connectivity index (χ1n) is 14.4. The van der Waals surface area contributed by atoms with Gasteiger partial charge < -0.3 is 0 Å². The third-order valence-corrected chi connectivity index (χ3v) is 10.5. The van der Waals surface area contributed by atoms with Crippen LogP contribution in [-0.4, -0.2) is 0 Å². The summed E-state index contributed by atoms with van der Waals surface area (Å²) >= 11 is 0. The number of nitriles is 1. The summed E-state index contributed by atoms with van der Waals surface area (Å²) in [6.07, 6.45) is 21.4. The van der Waals surface area contributed by atoms with Gasteiger partial charge in [0, 0.05) is 0 Å². The van der Waals surface area contributed by atoms with Crippen molar-refractivity contribution < 1.29 is 0 Å². The second kappa shape index (κ2) is 13.2. The van der Waals surface area contributed by atoms with E-state index in [-0.39, 0.29) is 0 Å². The molecule has 0 radical (unpaired) electrons. The fourth-order valence-corrected chi connectivity index (χ4v) is 8.42. The summed E-state index contributed by atoms with van der Waals surface area (Å²) < 4.78 is 0. The van der Waals surface area contributed by atoms with Crippen LogP contribution >= 0.6 is 0 Å². The minimum absolute atomic E-state index is 0.514. The largest absolute Gasteiger partial charge is 0.198 e. The molecule has 0 aromatic heterocycles. The highest BCUT2D eigenvalue weighted by Gasteiger charge is 2.60. The molecule has 33 heavy (non-hydrogen) atoms. The highest BCUT2D eigenvalue weighted by Crippen LogP contribution is 2.68. The molecule has 2 aliphatic rings. The van der Waals surface area contributed by atoms with E-state index in [0.717, 1.165) is 41.6 Å². The average molecular weight is 454 g/mol. The molecule has 1 heteroatoms. The van der Waals surface area contributed by atoms with Crippen LogP contribution in [0.1, 0.15) is 131 Å². The van der Waals surface area contributed by atoms with Crippen molar-refractivity contribution >= 4 is 0 Å². The van der Waals surface area contributed by atoms with Crippen molar-refractivity contribution in [3.05, 3.63) is 24.8 Å². The molecule has 0 heterocycles. The monoisotopic (exact) mass is 453 g/mol. The third kappa shape index (κ3) is 6.55. The van der Waals surface area contributed by atoms with Crippen LogP contribution in [0.5, 0.6) is 0 Å². The van der Waals surface area contributed by atoms with Crippen molar-refractivity contribution in [3.8, 4) is 6.07 Å². The van der Waals surface area contributed by atoms with Gasteiger partial charge in [-0.15, -0.1) is 6.58 Å². The Morgan fingerprint density at radius 2 is 1.91 bits per heavy atom. The summed E-state index contributed by atoms with van der Waals surface area (Å²) in [6.45, 7) is 20.6. The number of rotatable bonds is 15. The number of allylic oxidation sites excluding steroid dienone is 2. The van der Waals surface area contributed by atoms with Crippen molar-refractivity contribution in [1.82, 2.24) is 0 Å². The van der Waals surface area contributed by atoms with E-state index in [1.807, 2.05) is 0 Å². The molecule has 188 valence electrons. The molecule has 1 nitrogen and oxygen atoms in total. The molecule has 0 aromatic carbocycles. The summed E-state index contributed by atoms with van der Waals surface area (Å²) in [5.74, 6) is 4.42. The number of fused-ring (bicyclic) bond motifs is 1. The lowest BCUT2D eigenvalue weighted by Gasteiger charge is -2.55. The molecule has 2 fully saturated rings. The van der Waals surface area contributed by atoms with Gasteiger partial charge in [0.05, 0.1) is 12.5 Å². The summed E-state index contributed by atoms with van der Waals surface area (Å²) in [4.78, 5) is 0. The maximum Gasteiger partial charge on any atom is 0.0666 e. The van der Waals surface area contributed by atoms with Crippen LogP contribution in [0.2, 0.25) is 0 Å². The van der Waals surface area contributed by atoms with Crippen LogP contribution < -0.4 is 0 Å². The smallest absolute Gasteiger partial charge is 0.0666 e. The van der Waals surface area contributed by atoms with Crippen LogP contribution in [0.15, 0.2) is 24.8 Å². The van der Waals surface area contributed by atoms with E-state index >= 15 is 0 Å². The zero-order valence-corrected chi connectivity index (χ0v) is 22.9. The molecular formula is C32H55N. The molecule has 0 spiro atoms. The van der Waals surface area contributed by atoms with Gasteiger partial charge in [-0.3, -0.25) is 0 Å². The molecule has 0 bridgehead atoms. The van der Waals surface area contributed by atoms with E-state index in [1.165, 1.54) is 83.5 Å². The number of nitrogens with zero attached hydrogens (tertiary/aromatic N) is 1. The van der Waals surface area contributed by atoms with Crippen LogP contribution in [-0.2, 0) is 0 Å². The SMILES string of the molecule is C=CC[C@H](C)CCC1[C@@H](C(C)CCC)CCC2(C)[C@H]1CC[C@]2(CC)CCCCC(=C)CC#N. The minimum Gasteiger partial charge on any atom is -0.198 e. The van der Waals surface area contributed by atoms with E-state index in [2.05, 4.69) is 59.9 Å². The van der Waals surface area contributed by atoms with E-state index in [9.17, 15) is 0 Å². The Hall–Kier alpha value is -1.03. The molecule has 0 amide bonds. The Kier molecular flexibility index (Phi) is 11.3. The van der Waals surface area contributed by atoms with Crippen LogP contribution in [0.4, 0.5) is 0 Å². The summed E-state index contributed by atoms with van der Waals surface area (Å²) in [7, 11) is 0. The molecule has 3 unspecified atom stereocenters. The maximum atomic E-state index is 8.92. The lowest BCUT2D eigenvalue weighted by Crippen LogP contribution is -2.47. The topological polar surface area (TPSA) is 23.8 Å². The Balaban J connectivity index is 2.16. The van der Waals surface area contributed by atoms with Crippen LogP contribution in [0.3, 0.4) is 0 Å². The number of hydrogen-bond donors (Lipinski definition) is 0. The van der Waals surface area contributed by atoms with Gasteiger partial charge in [-0.05, 0) is 105 Å². The van der Waals surface area contributed by atoms with Crippen LogP contribution in [0.25, 0.3) is 0 Å². The summed E-state index contributed by atoms with van der Waals surface area (Å²) in [5.41, 5.74) is 2.16. The van der Waals surface area contributed by atoms with Gasteiger partial charge >= 0.3 is 0 Å². The van der Waals surface area contributed by atoms with Gasteiger partial charge in [-0.25, -0.2) is 0 Å². The van der Waals surface area contributed by atoms with Crippen molar-refractivity contribution in [2.45, 2.75) is 131 Å². The van der Waals surface area contributed by atoms with E-state index in [4.69, 9.17) is 5.26 Å². The maximum absolute atomic E-state index is 8.92. The zero-order chi connectivity index (χ0) is 24.5. The molecule has 0 aliphatic heterocycles. The standard InChI is InChI=1S/C32H55N/c1-8-13-25(4)16-17-29-28(27(6)14-9-2)18-22-31(7)30(29)19-23-32(31,10-3)21-12-11-15-26(5)20-24-33/h8,25,27-30H,1,5,9-23H2,2-4,6-7H3/t25-,27?,28+,29?,30-,31?,32-/m0/s1. The average Bonchev–Trinajstić information content (AvgIpc) is 3.08. The fourth-order valence-electron chi connectivity index (χ4n) is 8.42. The second-order valence-electron chi connectivity index (χ2n) is 12.3. The molecule has 2 saturated carbocycles. The minimum atomic E-state index is 0.514. The van der Waals surface area contributed by atoms with E-state index in [0.29, 0.717) is 17.3 Å². The zero-order valence-electron chi connectivity index (χ0n) is 22.9. The number of unbranched alkanes of at least 4 members (excludes halogenated alkanes) is 1. The predicted molar refractivity (Wildman–Crippen MR) is 145 cm³/mol. The lowest BCUT2D eigenvalue weighted by atomic mass is 9.50. The quantitative estimate of drug-likeness (QED) is 0.179. The Labute approximate surface area is 207 Å². The highest BCUT2D eigenvalue weighted by atomic mass is 14.6. The molecule has 7 atom stereocenters. The summed E-state index contributed by atoms with van der Waals surface area (Å²) in [6, 6.07) is 2.26. The fraction of sp³-hybridized carbons (Fsp3) is 0.844. The molecule has 0 N–H and O–H groups in total. The van der Waals surface area contributed by atoms with E-state index < -0.39 is 0 Å². The first-order chi connectivity index (χ1) is 15.8. The van der Waals surface area contributed by atoms with Gasteiger partial charge in [-0.1, -0.05) is 78.5 Å². The Morgan fingerprint density at radius 3 is 2.55 bits per heavy atom. The first kappa shape index (κ1) is 28.2. The Bertz CT molecular complexity index is 656. The molecule has 0 saturated heterocycles. The van der Waals surface area contributed by atoms with Gasteiger partial charge in [0.2, 0.25) is 0 Å². The predicted octanol–water partition coefficient (Wildman–Crippen LogP) is 10.3. The normalized spacial score (nSPS) is 33.2. The molecular weight excluding hydrogens is 398 g/mol. The van der Waals surface area contributed by atoms with Gasteiger partial charge in [0.1, 0.15) is 0 Å². The van der Waals surface area contributed by atoms with Gasteiger partial charge in [0.15, 0.2) is 0 Å². The lowest BCUT2D eigenvalue weighted by molar-refractivity contribution is -0.0613. The molecule has 2 rings (SSSR count). The van der Waals surface area contributed by atoms with Crippen molar-refractivity contribution in [2.24, 2.45) is 40.4 Å². The third-order valence-electron chi connectivity index (χ3n) is 10.5. The van der Waals surface area contributed by atoms with Gasteiger partial charge in [-0.2, -0.15) is 5.26 Å². The highest BCUT2D eigenvalue weighted by molar-refractivity contribution is 5.09. The molecule has 0 aromatic rings. The van der Waals surface area contributed by atoms with E-state index in [1.54, 1.807) is 0 Å². The van der Waals surface area contributed by atoms with Crippen molar-refractivity contribution in [2.75, 3.05) is 0 Å².